The minimum atomic E-state index is 0.583. The maximum Gasteiger partial charge on any atom is 0.163 e. The number of rotatable bonds is 3. The molecule has 20 heavy (non-hydrogen) atoms. The molecule has 0 radical (unpaired) electrons. The standard InChI is InChI=1S/C15H15BrN2O2/c16-11-7-14-15(20-6-5-19-14)8-13(11)18-9-10-3-1-2-4-12(10)17/h1-4,7-8,18H,5-6,9,17H2. The number of nitrogens with one attached hydrogen (secondary N) is 1. The van der Waals surface area contributed by atoms with Crippen LogP contribution >= 0.6 is 15.9 Å². The molecule has 0 saturated heterocycles. The van der Waals surface area contributed by atoms with E-state index in [0.29, 0.717) is 19.8 Å². The molecule has 3 rings (SSSR count). The van der Waals surface area contributed by atoms with Crippen molar-refractivity contribution in [1.29, 1.82) is 0 Å². The van der Waals surface area contributed by atoms with E-state index in [4.69, 9.17) is 15.2 Å². The largest absolute Gasteiger partial charge is 0.486 e. The van der Waals surface area contributed by atoms with E-state index < -0.39 is 0 Å². The molecular formula is C15H15BrN2O2. The summed E-state index contributed by atoms with van der Waals surface area (Å²) in [5.74, 6) is 1.54. The number of nitrogens with two attached hydrogens (primary N) is 1. The first-order valence-corrected chi connectivity index (χ1v) is 7.20. The maximum absolute atomic E-state index is 5.94. The molecule has 0 aliphatic carbocycles. The van der Waals surface area contributed by atoms with Gasteiger partial charge in [0.15, 0.2) is 11.5 Å². The van der Waals surface area contributed by atoms with E-state index in [1.165, 1.54) is 0 Å². The van der Waals surface area contributed by atoms with Crippen molar-refractivity contribution in [3.63, 3.8) is 0 Å². The summed E-state index contributed by atoms with van der Waals surface area (Å²) in [7, 11) is 0. The van der Waals surface area contributed by atoms with Gasteiger partial charge in [-0.2, -0.15) is 0 Å². The van der Waals surface area contributed by atoms with Crippen LogP contribution in [0.4, 0.5) is 11.4 Å². The molecule has 4 nitrogen and oxygen atoms in total. The third kappa shape index (κ3) is 2.67. The highest BCUT2D eigenvalue weighted by atomic mass is 79.9. The van der Waals surface area contributed by atoms with E-state index in [0.717, 1.165) is 32.9 Å². The summed E-state index contributed by atoms with van der Waals surface area (Å²) in [4.78, 5) is 0. The first-order chi connectivity index (χ1) is 9.74. The zero-order chi connectivity index (χ0) is 13.9. The Balaban J connectivity index is 1.79. The minimum Gasteiger partial charge on any atom is -0.486 e. The summed E-state index contributed by atoms with van der Waals surface area (Å²) < 4.78 is 12.1. The van der Waals surface area contributed by atoms with Crippen molar-refractivity contribution >= 4 is 27.3 Å². The molecule has 1 heterocycles. The predicted molar refractivity (Wildman–Crippen MR) is 83.3 cm³/mol. The first kappa shape index (κ1) is 13.1. The van der Waals surface area contributed by atoms with Crippen molar-refractivity contribution in [2.45, 2.75) is 6.54 Å². The number of para-hydroxylation sites is 1. The molecule has 0 unspecified atom stereocenters. The molecule has 0 amide bonds. The van der Waals surface area contributed by atoms with Crippen molar-refractivity contribution < 1.29 is 9.47 Å². The zero-order valence-electron chi connectivity index (χ0n) is 10.9. The average Bonchev–Trinajstić information content (AvgIpc) is 2.46. The molecule has 3 N–H and O–H groups in total. The van der Waals surface area contributed by atoms with Crippen LogP contribution in [0.2, 0.25) is 0 Å². The summed E-state index contributed by atoms with van der Waals surface area (Å²) in [6, 6.07) is 11.7. The second kappa shape index (κ2) is 5.63. The van der Waals surface area contributed by atoms with E-state index in [9.17, 15) is 0 Å². The van der Waals surface area contributed by atoms with Crippen LogP contribution in [0.1, 0.15) is 5.56 Å². The Labute approximate surface area is 126 Å². The van der Waals surface area contributed by atoms with Crippen LogP contribution in [0, 0.1) is 0 Å². The number of hydrogen-bond donors (Lipinski definition) is 2. The van der Waals surface area contributed by atoms with Gasteiger partial charge in [-0.05, 0) is 27.6 Å². The quantitative estimate of drug-likeness (QED) is 0.844. The Morgan fingerprint density at radius 2 is 1.80 bits per heavy atom. The molecule has 5 heteroatoms. The maximum atomic E-state index is 5.94. The van der Waals surface area contributed by atoms with Gasteiger partial charge in [-0.1, -0.05) is 18.2 Å². The van der Waals surface area contributed by atoms with E-state index in [1.807, 2.05) is 36.4 Å². The lowest BCUT2D eigenvalue weighted by Crippen LogP contribution is -2.15. The van der Waals surface area contributed by atoms with E-state index >= 15 is 0 Å². The van der Waals surface area contributed by atoms with Gasteiger partial charge in [-0.3, -0.25) is 0 Å². The van der Waals surface area contributed by atoms with Crippen molar-refractivity contribution in [1.82, 2.24) is 0 Å². The highest BCUT2D eigenvalue weighted by Crippen LogP contribution is 2.38. The summed E-state index contributed by atoms with van der Waals surface area (Å²) in [6.07, 6.45) is 0. The molecule has 1 aliphatic heterocycles. The number of hydrogen-bond acceptors (Lipinski definition) is 4. The van der Waals surface area contributed by atoms with Crippen LogP contribution in [0.3, 0.4) is 0 Å². The zero-order valence-corrected chi connectivity index (χ0v) is 12.4. The topological polar surface area (TPSA) is 56.5 Å². The molecule has 2 aromatic rings. The van der Waals surface area contributed by atoms with Gasteiger partial charge in [-0.15, -0.1) is 0 Å². The van der Waals surface area contributed by atoms with Gasteiger partial charge < -0.3 is 20.5 Å². The van der Waals surface area contributed by atoms with E-state index in [2.05, 4.69) is 21.2 Å². The molecule has 1 aliphatic rings. The fraction of sp³-hybridized carbons (Fsp3) is 0.200. The minimum absolute atomic E-state index is 0.583. The molecule has 0 aromatic heterocycles. The lowest BCUT2D eigenvalue weighted by atomic mass is 10.2. The van der Waals surface area contributed by atoms with Gasteiger partial charge in [0.05, 0.1) is 5.69 Å². The Kier molecular flexibility index (Phi) is 3.69. The number of ether oxygens (including phenoxy) is 2. The highest BCUT2D eigenvalue weighted by molar-refractivity contribution is 9.10. The summed E-state index contributed by atoms with van der Waals surface area (Å²) in [6.45, 7) is 1.83. The van der Waals surface area contributed by atoms with Crippen LogP contribution in [0.5, 0.6) is 11.5 Å². The molecule has 0 spiro atoms. The Morgan fingerprint density at radius 3 is 2.55 bits per heavy atom. The number of anilines is 2. The van der Waals surface area contributed by atoms with Crippen molar-refractivity contribution in [2.75, 3.05) is 24.3 Å². The van der Waals surface area contributed by atoms with Gasteiger partial charge in [0.2, 0.25) is 0 Å². The van der Waals surface area contributed by atoms with Crippen LogP contribution < -0.4 is 20.5 Å². The molecule has 2 aromatic carbocycles. The average molecular weight is 335 g/mol. The van der Waals surface area contributed by atoms with E-state index in [1.54, 1.807) is 0 Å². The fourth-order valence-corrected chi connectivity index (χ4v) is 2.55. The molecule has 0 atom stereocenters. The summed E-state index contributed by atoms with van der Waals surface area (Å²) in [5, 5.41) is 3.36. The first-order valence-electron chi connectivity index (χ1n) is 6.40. The van der Waals surface area contributed by atoms with Crippen molar-refractivity contribution in [3.8, 4) is 11.5 Å². The van der Waals surface area contributed by atoms with Crippen LogP contribution in [-0.4, -0.2) is 13.2 Å². The Bertz CT molecular complexity index is 631. The van der Waals surface area contributed by atoms with Crippen LogP contribution in [-0.2, 0) is 6.54 Å². The molecule has 0 bridgehead atoms. The molecular weight excluding hydrogens is 320 g/mol. The number of halogens is 1. The monoisotopic (exact) mass is 334 g/mol. The van der Waals surface area contributed by atoms with Crippen molar-refractivity contribution in [2.24, 2.45) is 0 Å². The number of nitrogen functional groups attached to an aromatic ring is 1. The molecule has 0 saturated carbocycles. The van der Waals surface area contributed by atoms with Crippen LogP contribution in [0.25, 0.3) is 0 Å². The molecule has 104 valence electrons. The Morgan fingerprint density at radius 1 is 1.10 bits per heavy atom. The fourth-order valence-electron chi connectivity index (χ4n) is 2.09. The van der Waals surface area contributed by atoms with Gasteiger partial charge >= 0.3 is 0 Å². The lowest BCUT2D eigenvalue weighted by molar-refractivity contribution is 0.171. The third-order valence-corrected chi connectivity index (χ3v) is 3.81. The lowest BCUT2D eigenvalue weighted by Gasteiger charge is -2.20. The Hall–Kier alpha value is -1.88. The summed E-state index contributed by atoms with van der Waals surface area (Å²) in [5.41, 5.74) is 8.74. The normalized spacial score (nSPS) is 13.1. The summed E-state index contributed by atoms with van der Waals surface area (Å²) >= 11 is 3.54. The third-order valence-electron chi connectivity index (χ3n) is 3.16. The SMILES string of the molecule is Nc1ccccc1CNc1cc2c(cc1Br)OCCO2. The predicted octanol–water partition coefficient (Wildman–Crippen LogP) is 3.41. The van der Waals surface area contributed by atoms with Gasteiger partial charge in [0.1, 0.15) is 13.2 Å². The second-order valence-electron chi connectivity index (χ2n) is 4.53. The van der Waals surface area contributed by atoms with Gasteiger partial charge in [0.25, 0.3) is 0 Å². The number of benzene rings is 2. The van der Waals surface area contributed by atoms with Gasteiger partial charge in [-0.25, -0.2) is 0 Å². The second-order valence-corrected chi connectivity index (χ2v) is 5.38. The van der Waals surface area contributed by atoms with Crippen molar-refractivity contribution in [3.05, 3.63) is 46.4 Å². The smallest absolute Gasteiger partial charge is 0.163 e. The van der Waals surface area contributed by atoms with Crippen LogP contribution in [0.15, 0.2) is 40.9 Å². The van der Waals surface area contributed by atoms with Gasteiger partial charge in [0, 0.05) is 28.8 Å². The number of fused-ring (bicyclic) bond motifs is 1. The molecule has 0 fully saturated rings. The van der Waals surface area contributed by atoms with E-state index in [-0.39, 0.29) is 0 Å². The highest BCUT2D eigenvalue weighted by Gasteiger charge is 2.14.